The van der Waals surface area contributed by atoms with Crippen LogP contribution in [-0.4, -0.2) is 4.98 Å². The minimum absolute atomic E-state index is 0.782. The number of hydrogen-bond donors (Lipinski definition) is 1. The average molecular weight is 265 g/mol. The molecular weight excluding hydrogens is 252 g/mol. The van der Waals surface area contributed by atoms with Crippen molar-refractivity contribution in [3.8, 4) is 0 Å². The third-order valence-corrected chi connectivity index (χ3v) is 3.57. The van der Waals surface area contributed by atoms with Gasteiger partial charge in [-0.05, 0) is 48.3 Å². The molecule has 1 aromatic carbocycles. The fourth-order valence-electron chi connectivity index (χ4n) is 1.84. The summed E-state index contributed by atoms with van der Waals surface area (Å²) in [6, 6.07) is 4.21. The number of fused-ring (bicyclic) bond motifs is 1. The van der Waals surface area contributed by atoms with Crippen molar-refractivity contribution >= 4 is 32.5 Å². The SMILES string of the molecule is Cc1cc(C)c2nc(C)c(Br)c(N)c2c1. The van der Waals surface area contributed by atoms with Crippen LogP contribution < -0.4 is 5.73 Å². The largest absolute Gasteiger partial charge is 0.397 e. The molecule has 0 atom stereocenters. The molecule has 1 aromatic heterocycles. The van der Waals surface area contributed by atoms with Gasteiger partial charge >= 0.3 is 0 Å². The van der Waals surface area contributed by atoms with Crippen LogP contribution in [0, 0.1) is 20.8 Å². The van der Waals surface area contributed by atoms with Crippen molar-refractivity contribution < 1.29 is 0 Å². The van der Waals surface area contributed by atoms with Crippen LogP contribution in [0.5, 0.6) is 0 Å². The number of aryl methyl sites for hydroxylation is 3. The van der Waals surface area contributed by atoms with Crippen LogP contribution in [0.25, 0.3) is 10.9 Å². The lowest BCUT2D eigenvalue weighted by Gasteiger charge is -2.10. The van der Waals surface area contributed by atoms with E-state index < -0.39 is 0 Å². The molecule has 0 fully saturated rings. The number of rotatable bonds is 0. The van der Waals surface area contributed by atoms with E-state index in [4.69, 9.17) is 5.73 Å². The predicted octanol–water partition coefficient (Wildman–Crippen LogP) is 3.50. The van der Waals surface area contributed by atoms with E-state index in [-0.39, 0.29) is 0 Å². The van der Waals surface area contributed by atoms with Crippen molar-refractivity contribution in [2.75, 3.05) is 5.73 Å². The van der Waals surface area contributed by atoms with E-state index in [2.05, 4.69) is 46.9 Å². The first-order valence-corrected chi connectivity index (χ1v) is 5.62. The molecule has 1 heterocycles. The molecule has 78 valence electrons. The quantitative estimate of drug-likeness (QED) is 0.791. The van der Waals surface area contributed by atoms with E-state index in [9.17, 15) is 0 Å². The normalized spacial score (nSPS) is 10.9. The van der Waals surface area contributed by atoms with Crippen LogP contribution in [-0.2, 0) is 0 Å². The first-order valence-electron chi connectivity index (χ1n) is 4.83. The van der Waals surface area contributed by atoms with Crippen LogP contribution in [0.2, 0.25) is 0 Å². The van der Waals surface area contributed by atoms with Crippen molar-refractivity contribution in [2.24, 2.45) is 0 Å². The lowest BCUT2D eigenvalue weighted by Crippen LogP contribution is -1.97. The number of anilines is 1. The fourth-order valence-corrected chi connectivity index (χ4v) is 2.15. The summed E-state index contributed by atoms with van der Waals surface area (Å²) in [5.74, 6) is 0. The second-order valence-electron chi connectivity index (χ2n) is 3.90. The Balaban J connectivity index is 2.98. The zero-order valence-electron chi connectivity index (χ0n) is 9.06. The lowest BCUT2D eigenvalue weighted by molar-refractivity contribution is 1.22. The van der Waals surface area contributed by atoms with Gasteiger partial charge in [0.05, 0.1) is 21.4 Å². The Kier molecular flexibility index (Phi) is 2.43. The Hall–Kier alpha value is -1.09. The smallest absolute Gasteiger partial charge is 0.0756 e. The maximum absolute atomic E-state index is 6.07. The molecule has 2 rings (SSSR count). The van der Waals surface area contributed by atoms with Crippen LogP contribution in [0.3, 0.4) is 0 Å². The van der Waals surface area contributed by atoms with Gasteiger partial charge in [0.1, 0.15) is 0 Å². The van der Waals surface area contributed by atoms with E-state index in [1.54, 1.807) is 0 Å². The maximum atomic E-state index is 6.07. The van der Waals surface area contributed by atoms with Crippen molar-refractivity contribution in [1.82, 2.24) is 4.98 Å². The van der Waals surface area contributed by atoms with E-state index in [0.29, 0.717) is 0 Å². The summed E-state index contributed by atoms with van der Waals surface area (Å²) in [7, 11) is 0. The molecule has 3 heteroatoms. The van der Waals surface area contributed by atoms with Crippen molar-refractivity contribution in [2.45, 2.75) is 20.8 Å². The van der Waals surface area contributed by atoms with E-state index in [1.807, 2.05) is 6.92 Å². The molecule has 2 aromatic rings. The molecule has 2 N–H and O–H groups in total. The molecule has 0 unspecified atom stereocenters. The number of aromatic nitrogens is 1. The molecule has 15 heavy (non-hydrogen) atoms. The van der Waals surface area contributed by atoms with Gasteiger partial charge < -0.3 is 5.73 Å². The Morgan fingerprint density at radius 3 is 2.53 bits per heavy atom. The molecule has 0 amide bonds. The molecule has 0 spiro atoms. The highest BCUT2D eigenvalue weighted by molar-refractivity contribution is 9.10. The third-order valence-electron chi connectivity index (χ3n) is 2.57. The zero-order valence-corrected chi connectivity index (χ0v) is 10.6. The van der Waals surface area contributed by atoms with Gasteiger partial charge in [0.15, 0.2) is 0 Å². The summed E-state index contributed by atoms with van der Waals surface area (Å²) < 4.78 is 0.903. The average Bonchev–Trinajstić information content (AvgIpc) is 2.17. The zero-order chi connectivity index (χ0) is 11.2. The monoisotopic (exact) mass is 264 g/mol. The summed E-state index contributed by atoms with van der Waals surface area (Å²) in [6.07, 6.45) is 0. The van der Waals surface area contributed by atoms with E-state index in [0.717, 1.165) is 26.8 Å². The minimum Gasteiger partial charge on any atom is -0.397 e. The standard InChI is InChI=1S/C12H13BrN2/c1-6-4-7(2)12-9(5-6)11(14)10(13)8(3)15-12/h4-5H,1-3H3,(H2,14,15). The van der Waals surface area contributed by atoms with Crippen molar-refractivity contribution in [3.05, 3.63) is 33.4 Å². The first-order chi connectivity index (χ1) is 7.00. The predicted molar refractivity (Wildman–Crippen MR) is 68.1 cm³/mol. The highest BCUT2D eigenvalue weighted by atomic mass is 79.9. The number of hydrogen-bond acceptors (Lipinski definition) is 2. The summed E-state index contributed by atoms with van der Waals surface area (Å²) in [5, 5.41) is 1.03. The molecule has 0 aliphatic carbocycles. The summed E-state index contributed by atoms with van der Waals surface area (Å²) >= 11 is 3.46. The molecular formula is C12H13BrN2. The van der Waals surface area contributed by atoms with Gasteiger partial charge in [0.25, 0.3) is 0 Å². The molecule has 2 nitrogen and oxygen atoms in total. The lowest BCUT2D eigenvalue weighted by atomic mass is 10.1. The minimum atomic E-state index is 0.782. The van der Waals surface area contributed by atoms with Gasteiger partial charge in [-0.25, -0.2) is 0 Å². The third kappa shape index (κ3) is 1.61. The molecule has 0 aliphatic rings. The van der Waals surface area contributed by atoms with Crippen molar-refractivity contribution in [1.29, 1.82) is 0 Å². The second-order valence-corrected chi connectivity index (χ2v) is 4.70. The van der Waals surface area contributed by atoms with Gasteiger partial charge in [-0.3, -0.25) is 4.98 Å². The number of nitrogens with zero attached hydrogens (tertiary/aromatic N) is 1. The number of benzene rings is 1. The van der Waals surface area contributed by atoms with E-state index in [1.165, 1.54) is 11.1 Å². The molecule has 0 bridgehead atoms. The highest BCUT2D eigenvalue weighted by Gasteiger charge is 2.09. The molecule has 0 radical (unpaired) electrons. The number of pyridine rings is 1. The Morgan fingerprint density at radius 2 is 1.87 bits per heavy atom. The molecule has 0 aliphatic heterocycles. The summed E-state index contributed by atoms with van der Waals surface area (Å²) in [6.45, 7) is 6.09. The van der Waals surface area contributed by atoms with Gasteiger partial charge in [-0.1, -0.05) is 11.6 Å². The Labute approximate surface area is 97.6 Å². The number of nitrogens with two attached hydrogens (primary N) is 1. The second kappa shape index (κ2) is 3.49. The van der Waals surface area contributed by atoms with Gasteiger partial charge in [0.2, 0.25) is 0 Å². The molecule has 0 saturated carbocycles. The van der Waals surface area contributed by atoms with Crippen molar-refractivity contribution in [3.63, 3.8) is 0 Å². The number of nitrogen functional groups attached to an aromatic ring is 1. The van der Waals surface area contributed by atoms with Crippen LogP contribution in [0.4, 0.5) is 5.69 Å². The van der Waals surface area contributed by atoms with Crippen LogP contribution >= 0.6 is 15.9 Å². The molecule has 0 saturated heterocycles. The highest BCUT2D eigenvalue weighted by Crippen LogP contribution is 2.31. The Bertz CT molecular complexity index is 547. The number of halogens is 1. The van der Waals surface area contributed by atoms with E-state index >= 15 is 0 Å². The summed E-state index contributed by atoms with van der Waals surface area (Å²) in [4.78, 5) is 4.55. The van der Waals surface area contributed by atoms with Gasteiger partial charge in [-0.2, -0.15) is 0 Å². The first kappa shape index (κ1) is 10.4. The maximum Gasteiger partial charge on any atom is 0.0756 e. The summed E-state index contributed by atoms with van der Waals surface area (Å²) in [5.41, 5.74) is 11.2. The Morgan fingerprint density at radius 1 is 1.20 bits per heavy atom. The fraction of sp³-hybridized carbons (Fsp3) is 0.250. The topological polar surface area (TPSA) is 38.9 Å². The van der Waals surface area contributed by atoms with Gasteiger partial charge in [-0.15, -0.1) is 0 Å². The van der Waals surface area contributed by atoms with Gasteiger partial charge in [0, 0.05) is 5.39 Å². The van der Waals surface area contributed by atoms with Crippen LogP contribution in [0.1, 0.15) is 16.8 Å². The van der Waals surface area contributed by atoms with Crippen LogP contribution in [0.15, 0.2) is 16.6 Å².